The first kappa shape index (κ1) is 12.4. The predicted octanol–water partition coefficient (Wildman–Crippen LogP) is 2.94. The molecule has 3 nitrogen and oxygen atoms in total. The fourth-order valence-corrected chi connectivity index (χ4v) is 1.86. The summed E-state index contributed by atoms with van der Waals surface area (Å²) in [6, 6.07) is 10.5. The van der Waals surface area contributed by atoms with Crippen molar-refractivity contribution < 1.29 is 0 Å². The Labute approximate surface area is 108 Å². The third kappa shape index (κ3) is 3.23. The number of benzene rings is 1. The molecule has 0 aliphatic heterocycles. The van der Waals surface area contributed by atoms with Crippen molar-refractivity contribution >= 4 is 11.5 Å². The molecule has 1 aromatic heterocycles. The molecule has 3 heteroatoms. The summed E-state index contributed by atoms with van der Waals surface area (Å²) in [5.74, 6) is 0.913. The minimum Gasteiger partial charge on any atom is -0.397 e. The summed E-state index contributed by atoms with van der Waals surface area (Å²) in [6.07, 6.45) is 2.67. The topological polar surface area (TPSA) is 50.9 Å². The molecule has 1 heterocycles. The highest BCUT2D eigenvalue weighted by atomic mass is 15.0. The molecule has 0 spiro atoms. The van der Waals surface area contributed by atoms with E-state index in [0.717, 1.165) is 24.3 Å². The van der Waals surface area contributed by atoms with Gasteiger partial charge in [0.15, 0.2) is 0 Å². The first-order valence-corrected chi connectivity index (χ1v) is 6.16. The van der Waals surface area contributed by atoms with E-state index >= 15 is 0 Å². The lowest BCUT2D eigenvalue weighted by Crippen LogP contribution is -2.08. The van der Waals surface area contributed by atoms with Crippen molar-refractivity contribution in [3.63, 3.8) is 0 Å². The highest BCUT2D eigenvalue weighted by Crippen LogP contribution is 2.13. The van der Waals surface area contributed by atoms with Crippen molar-refractivity contribution in [2.24, 2.45) is 0 Å². The number of nitrogens with one attached hydrogen (secondary N) is 1. The summed E-state index contributed by atoms with van der Waals surface area (Å²) in [4.78, 5) is 4.29. The maximum absolute atomic E-state index is 5.67. The van der Waals surface area contributed by atoms with E-state index < -0.39 is 0 Å². The number of rotatable bonds is 4. The summed E-state index contributed by atoms with van der Waals surface area (Å²) in [7, 11) is 0. The van der Waals surface area contributed by atoms with Crippen molar-refractivity contribution in [2.75, 3.05) is 17.6 Å². The summed E-state index contributed by atoms with van der Waals surface area (Å²) < 4.78 is 0. The Morgan fingerprint density at radius 1 is 1.17 bits per heavy atom. The standard InChI is InChI=1S/C15H19N3/c1-11-3-5-13(6-4-11)7-8-17-15-12(2)9-14(16)10-18-15/h3-6,9-10H,7-8,16H2,1-2H3,(H,17,18). The van der Waals surface area contributed by atoms with Crippen LogP contribution >= 0.6 is 0 Å². The van der Waals surface area contributed by atoms with E-state index in [0.29, 0.717) is 5.69 Å². The summed E-state index contributed by atoms with van der Waals surface area (Å²) in [6.45, 7) is 4.99. The molecule has 0 radical (unpaired) electrons. The molecule has 3 N–H and O–H groups in total. The molecular formula is C15H19N3. The summed E-state index contributed by atoms with van der Waals surface area (Å²) in [5, 5.41) is 3.34. The van der Waals surface area contributed by atoms with Crippen LogP contribution < -0.4 is 11.1 Å². The zero-order valence-electron chi connectivity index (χ0n) is 10.9. The van der Waals surface area contributed by atoms with E-state index in [-0.39, 0.29) is 0 Å². The third-order valence-corrected chi connectivity index (χ3v) is 2.93. The van der Waals surface area contributed by atoms with Crippen LogP contribution in [0.1, 0.15) is 16.7 Å². The number of hydrogen-bond donors (Lipinski definition) is 2. The van der Waals surface area contributed by atoms with E-state index in [4.69, 9.17) is 5.73 Å². The SMILES string of the molecule is Cc1ccc(CCNc2ncc(N)cc2C)cc1. The van der Waals surface area contributed by atoms with Crippen LogP contribution in [0.2, 0.25) is 0 Å². The average molecular weight is 241 g/mol. The van der Waals surface area contributed by atoms with Gasteiger partial charge in [0.1, 0.15) is 5.82 Å². The summed E-state index contributed by atoms with van der Waals surface area (Å²) in [5.41, 5.74) is 10.1. The smallest absolute Gasteiger partial charge is 0.129 e. The molecule has 2 aromatic rings. The van der Waals surface area contributed by atoms with Gasteiger partial charge in [0.25, 0.3) is 0 Å². The zero-order valence-corrected chi connectivity index (χ0v) is 10.9. The van der Waals surface area contributed by atoms with E-state index in [1.807, 2.05) is 13.0 Å². The van der Waals surface area contributed by atoms with Crippen LogP contribution in [0, 0.1) is 13.8 Å². The number of anilines is 2. The Morgan fingerprint density at radius 3 is 2.56 bits per heavy atom. The lowest BCUT2D eigenvalue weighted by molar-refractivity contribution is 1.00. The highest BCUT2D eigenvalue weighted by Gasteiger charge is 1.99. The predicted molar refractivity (Wildman–Crippen MR) is 76.8 cm³/mol. The number of nitrogen functional groups attached to an aromatic ring is 1. The van der Waals surface area contributed by atoms with Crippen LogP contribution in [0.3, 0.4) is 0 Å². The number of aryl methyl sites for hydroxylation is 2. The maximum Gasteiger partial charge on any atom is 0.129 e. The van der Waals surface area contributed by atoms with Crippen molar-refractivity contribution in [3.05, 3.63) is 53.2 Å². The molecule has 0 amide bonds. The monoisotopic (exact) mass is 241 g/mol. The molecule has 1 aromatic carbocycles. The van der Waals surface area contributed by atoms with Gasteiger partial charge >= 0.3 is 0 Å². The van der Waals surface area contributed by atoms with Crippen LogP contribution in [0.15, 0.2) is 36.5 Å². The Balaban J connectivity index is 1.90. The van der Waals surface area contributed by atoms with Gasteiger partial charge in [-0.2, -0.15) is 0 Å². The van der Waals surface area contributed by atoms with Crippen molar-refractivity contribution in [1.82, 2.24) is 4.98 Å². The van der Waals surface area contributed by atoms with Crippen LogP contribution in [0.5, 0.6) is 0 Å². The molecule has 0 aliphatic carbocycles. The maximum atomic E-state index is 5.67. The fourth-order valence-electron chi connectivity index (χ4n) is 1.86. The normalized spacial score (nSPS) is 10.3. The van der Waals surface area contributed by atoms with E-state index in [2.05, 4.69) is 41.5 Å². The lowest BCUT2D eigenvalue weighted by Gasteiger charge is -2.09. The lowest BCUT2D eigenvalue weighted by atomic mass is 10.1. The van der Waals surface area contributed by atoms with Gasteiger partial charge in [-0.15, -0.1) is 0 Å². The molecule has 2 rings (SSSR count). The number of aromatic nitrogens is 1. The van der Waals surface area contributed by atoms with Gasteiger partial charge in [0, 0.05) is 6.54 Å². The first-order valence-electron chi connectivity index (χ1n) is 6.16. The van der Waals surface area contributed by atoms with Gasteiger partial charge in [0.05, 0.1) is 11.9 Å². The van der Waals surface area contributed by atoms with Gasteiger partial charge < -0.3 is 11.1 Å². The van der Waals surface area contributed by atoms with Gasteiger partial charge in [-0.1, -0.05) is 29.8 Å². The summed E-state index contributed by atoms with van der Waals surface area (Å²) >= 11 is 0. The molecule has 0 aliphatic rings. The number of nitrogens with zero attached hydrogens (tertiary/aromatic N) is 1. The number of hydrogen-bond acceptors (Lipinski definition) is 3. The largest absolute Gasteiger partial charge is 0.397 e. The highest BCUT2D eigenvalue weighted by molar-refractivity contribution is 5.50. The Morgan fingerprint density at radius 2 is 1.89 bits per heavy atom. The second kappa shape index (κ2) is 5.54. The fraction of sp³-hybridized carbons (Fsp3) is 0.267. The molecule has 0 fully saturated rings. The molecule has 0 atom stereocenters. The average Bonchev–Trinajstić information content (AvgIpc) is 2.34. The second-order valence-corrected chi connectivity index (χ2v) is 4.60. The van der Waals surface area contributed by atoms with Crippen LogP contribution in [0.25, 0.3) is 0 Å². The number of pyridine rings is 1. The minimum absolute atomic E-state index is 0.705. The van der Waals surface area contributed by atoms with Crippen LogP contribution in [0.4, 0.5) is 11.5 Å². The van der Waals surface area contributed by atoms with E-state index in [1.165, 1.54) is 11.1 Å². The van der Waals surface area contributed by atoms with Gasteiger partial charge in [0.2, 0.25) is 0 Å². The molecule has 0 unspecified atom stereocenters. The third-order valence-electron chi connectivity index (χ3n) is 2.93. The second-order valence-electron chi connectivity index (χ2n) is 4.60. The quantitative estimate of drug-likeness (QED) is 0.865. The molecule has 94 valence electrons. The Kier molecular flexibility index (Phi) is 3.82. The van der Waals surface area contributed by atoms with E-state index in [1.54, 1.807) is 6.20 Å². The molecule has 18 heavy (non-hydrogen) atoms. The van der Waals surface area contributed by atoms with Crippen molar-refractivity contribution in [3.8, 4) is 0 Å². The zero-order chi connectivity index (χ0) is 13.0. The molecule has 0 saturated heterocycles. The van der Waals surface area contributed by atoms with E-state index in [9.17, 15) is 0 Å². The van der Waals surface area contributed by atoms with Crippen molar-refractivity contribution in [2.45, 2.75) is 20.3 Å². The van der Waals surface area contributed by atoms with Crippen LogP contribution in [-0.4, -0.2) is 11.5 Å². The van der Waals surface area contributed by atoms with Crippen molar-refractivity contribution in [1.29, 1.82) is 0 Å². The molecular weight excluding hydrogens is 222 g/mol. The first-order chi connectivity index (χ1) is 8.65. The van der Waals surface area contributed by atoms with Gasteiger partial charge in [-0.25, -0.2) is 4.98 Å². The minimum atomic E-state index is 0.705. The van der Waals surface area contributed by atoms with Crippen LogP contribution in [-0.2, 0) is 6.42 Å². The van der Waals surface area contributed by atoms with Gasteiger partial charge in [-0.05, 0) is 37.5 Å². The molecule has 0 bridgehead atoms. The Hall–Kier alpha value is -2.03. The number of nitrogens with two attached hydrogens (primary N) is 1. The van der Waals surface area contributed by atoms with Gasteiger partial charge in [-0.3, -0.25) is 0 Å². The Bertz CT molecular complexity index is 518. The molecule has 0 saturated carbocycles.